The zero-order chi connectivity index (χ0) is 6.73. The van der Waals surface area contributed by atoms with Crippen LogP contribution in [0.5, 0.6) is 0 Å². The van der Waals surface area contributed by atoms with E-state index in [-0.39, 0.29) is 17.6 Å². The molecule has 0 amide bonds. The maximum Gasteiger partial charge on any atom is 0.0412 e. The van der Waals surface area contributed by atoms with Gasteiger partial charge in [-0.3, -0.25) is 0 Å². The van der Waals surface area contributed by atoms with E-state index >= 15 is 0 Å². The standard InChI is InChI=1S/C6H16Si2/c1-6(7(2)3)8(4)5/h6H,1-5H3. The van der Waals surface area contributed by atoms with Crippen LogP contribution in [-0.4, -0.2) is 17.6 Å². The van der Waals surface area contributed by atoms with Gasteiger partial charge in [-0.2, -0.15) is 0 Å². The van der Waals surface area contributed by atoms with E-state index in [0.717, 1.165) is 5.16 Å². The Hall–Kier alpha value is 0.434. The molecule has 2 heteroatoms. The summed E-state index contributed by atoms with van der Waals surface area (Å²) in [5.74, 6) is 0. The topological polar surface area (TPSA) is 0 Å². The third kappa shape index (κ3) is 2.67. The van der Waals surface area contributed by atoms with Crippen LogP contribution >= 0.6 is 0 Å². The van der Waals surface area contributed by atoms with Crippen molar-refractivity contribution in [3.63, 3.8) is 0 Å². The molecule has 0 aliphatic rings. The second-order valence-corrected chi connectivity index (χ2v) is 9.50. The van der Waals surface area contributed by atoms with Gasteiger partial charge in [-0.15, -0.1) is 0 Å². The third-order valence-electron chi connectivity index (χ3n) is 1.73. The van der Waals surface area contributed by atoms with Gasteiger partial charge in [0.1, 0.15) is 0 Å². The van der Waals surface area contributed by atoms with Crippen molar-refractivity contribution in [1.82, 2.24) is 0 Å². The Labute approximate surface area is 56.5 Å². The molecular formula is C6H16Si2. The van der Waals surface area contributed by atoms with E-state index in [0.29, 0.717) is 0 Å². The highest BCUT2D eigenvalue weighted by Gasteiger charge is 2.12. The SMILES string of the molecule is CC([Si](C)C)[Si](C)C. The average Bonchev–Trinajstić information content (AvgIpc) is 1.64. The maximum atomic E-state index is 2.41. The Kier molecular flexibility index (Phi) is 3.65. The second kappa shape index (κ2) is 3.46. The molecule has 2 radical (unpaired) electrons. The van der Waals surface area contributed by atoms with Crippen LogP contribution in [-0.2, 0) is 0 Å². The van der Waals surface area contributed by atoms with Gasteiger partial charge in [0, 0.05) is 17.6 Å². The summed E-state index contributed by atoms with van der Waals surface area (Å²) in [6, 6.07) is 0. The van der Waals surface area contributed by atoms with E-state index in [2.05, 4.69) is 33.1 Å². The highest BCUT2D eigenvalue weighted by Crippen LogP contribution is 2.12. The molecule has 48 valence electrons. The molecule has 0 saturated heterocycles. The van der Waals surface area contributed by atoms with Crippen LogP contribution in [0.15, 0.2) is 0 Å². The molecule has 0 heterocycles. The van der Waals surface area contributed by atoms with E-state index in [9.17, 15) is 0 Å². The molecule has 0 rings (SSSR count). The first kappa shape index (κ1) is 8.43. The van der Waals surface area contributed by atoms with Crippen molar-refractivity contribution < 1.29 is 0 Å². The van der Waals surface area contributed by atoms with Crippen molar-refractivity contribution in [2.45, 2.75) is 38.3 Å². The summed E-state index contributed by atoms with van der Waals surface area (Å²) in [5.41, 5.74) is 0. The lowest BCUT2D eigenvalue weighted by Crippen LogP contribution is -2.21. The zero-order valence-corrected chi connectivity index (χ0v) is 8.58. The van der Waals surface area contributed by atoms with Crippen molar-refractivity contribution in [1.29, 1.82) is 0 Å². The molecule has 8 heavy (non-hydrogen) atoms. The van der Waals surface area contributed by atoms with Crippen LogP contribution < -0.4 is 0 Å². The van der Waals surface area contributed by atoms with Crippen molar-refractivity contribution in [2.24, 2.45) is 0 Å². The lowest BCUT2D eigenvalue weighted by molar-refractivity contribution is 1.25. The largest absolute Gasteiger partial charge is 0.0713 e. The smallest absolute Gasteiger partial charge is 0.0412 e. The van der Waals surface area contributed by atoms with Crippen LogP contribution in [0.1, 0.15) is 6.92 Å². The molecule has 0 atom stereocenters. The predicted molar refractivity (Wildman–Crippen MR) is 44.4 cm³/mol. The monoisotopic (exact) mass is 144 g/mol. The molecule has 0 aliphatic carbocycles. The minimum atomic E-state index is 0.0334. The van der Waals surface area contributed by atoms with Crippen LogP contribution in [0.25, 0.3) is 0 Å². The van der Waals surface area contributed by atoms with Gasteiger partial charge < -0.3 is 0 Å². The molecule has 0 fully saturated rings. The van der Waals surface area contributed by atoms with Gasteiger partial charge in [0.25, 0.3) is 0 Å². The molecule has 0 aromatic heterocycles. The fourth-order valence-electron chi connectivity index (χ4n) is 0.577. The quantitative estimate of drug-likeness (QED) is 0.522. The van der Waals surface area contributed by atoms with Gasteiger partial charge in [-0.25, -0.2) is 0 Å². The van der Waals surface area contributed by atoms with Gasteiger partial charge in [0.15, 0.2) is 0 Å². The lowest BCUT2D eigenvalue weighted by atomic mass is 10.9. The summed E-state index contributed by atoms with van der Waals surface area (Å²) in [7, 11) is 0.0669. The first-order chi connectivity index (χ1) is 3.55. The summed E-state index contributed by atoms with van der Waals surface area (Å²) in [6.45, 7) is 12.0. The Bertz CT molecular complexity index is 51.5. The molecule has 0 saturated carbocycles. The van der Waals surface area contributed by atoms with E-state index in [1.165, 1.54) is 0 Å². The van der Waals surface area contributed by atoms with Gasteiger partial charge in [0.2, 0.25) is 0 Å². The summed E-state index contributed by atoms with van der Waals surface area (Å²) in [4.78, 5) is 0. The van der Waals surface area contributed by atoms with Crippen LogP contribution in [0.2, 0.25) is 31.4 Å². The summed E-state index contributed by atoms with van der Waals surface area (Å²) in [5, 5.41) is 1.07. The molecule has 0 aliphatic heterocycles. The fourth-order valence-corrected chi connectivity index (χ4v) is 5.20. The highest BCUT2D eigenvalue weighted by atomic mass is 28.3. The number of hydrogen-bond acceptors (Lipinski definition) is 0. The van der Waals surface area contributed by atoms with E-state index in [4.69, 9.17) is 0 Å². The molecule has 0 bridgehead atoms. The summed E-state index contributed by atoms with van der Waals surface area (Å²) < 4.78 is 0. The Morgan fingerprint density at radius 3 is 1.12 bits per heavy atom. The van der Waals surface area contributed by atoms with Gasteiger partial charge in [-0.05, 0) is 0 Å². The summed E-state index contributed by atoms with van der Waals surface area (Å²) >= 11 is 0. The van der Waals surface area contributed by atoms with Crippen molar-refractivity contribution >= 4 is 17.6 Å². The van der Waals surface area contributed by atoms with Gasteiger partial charge in [-0.1, -0.05) is 38.3 Å². The van der Waals surface area contributed by atoms with Gasteiger partial charge in [0.05, 0.1) is 0 Å². The average molecular weight is 144 g/mol. The molecular weight excluding hydrogens is 128 g/mol. The van der Waals surface area contributed by atoms with Crippen LogP contribution in [0, 0.1) is 0 Å². The minimum absolute atomic E-state index is 0.0334. The van der Waals surface area contributed by atoms with Crippen molar-refractivity contribution in [2.75, 3.05) is 0 Å². The molecule has 0 aromatic rings. The zero-order valence-electron chi connectivity index (χ0n) is 6.58. The van der Waals surface area contributed by atoms with Gasteiger partial charge >= 0.3 is 0 Å². The normalized spacial score (nSPS) is 12.0. The fraction of sp³-hybridized carbons (Fsp3) is 1.00. The second-order valence-electron chi connectivity index (χ2n) is 2.88. The Morgan fingerprint density at radius 1 is 0.875 bits per heavy atom. The van der Waals surface area contributed by atoms with E-state index in [1.54, 1.807) is 0 Å². The van der Waals surface area contributed by atoms with Crippen molar-refractivity contribution in [3.8, 4) is 0 Å². The predicted octanol–water partition coefficient (Wildman–Crippen LogP) is 2.42. The number of rotatable bonds is 2. The van der Waals surface area contributed by atoms with Crippen LogP contribution in [0.3, 0.4) is 0 Å². The molecule has 0 spiro atoms. The Morgan fingerprint density at radius 2 is 1.12 bits per heavy atom. The highest BCUT2D eigenvalue weighted by molar-refractivity contribution is 6.77. The summed E-state index contributed by atoms with van der Waals surface area (Å²) in [6.07, 6.45) is 0. The van der Waals surface area contributed by atoms with Crippen molar-refractivity contribution in [3.05, 3.63) is 0 Å². The molecule has 0 N–H and O–H groups in total. The molecule has 0 nitrogen and oxygen atoms in total. The Balaban J connectivity index is 3.46. The minimum Gasteiger partial charge on any atom is -0.0713 e. The first-order valence-electron chi connectivity index (χ1n) is 3.15. The van der Waals surface area contributed by atoms with E-state index in [1.807, 2.05) is 0 Å². The molecule has 0 aromatic carbocycles. The lowest BCUT2D eigenvalue weighted by Gasteiger charge is -2.15. The third-order valence-corrected chi connectivity index (χ3v) is 8.66. The number of hydrogen-bond donors (Lipinski definition) is 0. The molecule has 0 unspecified atom stereocenters. The van der Waals surface area contributed by atoms with E-state index < -0.39 is 0 Å². The maximum absolute atomic E-state index is 2.41. The van der Waals surface area contributed by atoms with Crippen LogP contribution in [0.4, 0.5) is 0 Å². The first-order valence-corrected chi connectivity index (χ1v) is 8.31.